The van der Waals surface area contributed by atoms with Crippen molar-refractivity contribution in [3.05, 3.63) is 11.5 Å². The van der Waals surface area contributed by atoms with E-state index in [4.69, 9.17) is 0 Å². The van der Waals surface area contributed by atoms with Gasteiger partial charge in [0, 0.05) is 6.42 Å². The van der Waals surface area contributed by atoms with Crippen LogP contribution in [0.5, 0.6) is 0 Å². The summed E-state index contributed by atoms with van der Waals surface area (Å²) in [7, 11) is 0. The van der Waals surface area contributed by atoms with E-state index in [2.05, 4.69) is 6.58 Å². The van der Waals surface area contributed by atoms with Gasteiger partial charge in [-0.25, -0.2) is 0 Å². The third-order valence-corrected chi connectivity index (χ3v) is 2.60. The molecule has 0 aromatic rings. The predicted molar refractivity (Wildman–Crippen MR) is 40.4 cm³/mol. The maximum Gasteiger partial charge on any atom is 0.153 e. The summed E-state index contributed by atoms with van der Waals surface area (Å²) in [6, 6.07) is 0. The second-order valence-electron chi connectivity index (χ2n) is 2.75. The van der Waals surface area contributed by atoms with Crippen molar-refractivity contribution in [2.24, 2.45) is 0 Å². The third kappa shape index (κ3) is 1.18. The van der Waals surface area contributed by atoms with Gasteiger partial charge in [-0.05, 0) is 18.8 Å². The Labute approximate surface area is 59.5 Å². The van der Waals surface area contributed by atoms with E-state index >= 15 is 0 Å². The molecule has 0 aromatic carbocycles. The van der Waals surface area contributed by atoms with Gasteiger partial charge in [0.2, 0.25) is 0 Å². The molecule has 0 atom stereocenters. The smallest absolute Gasteiger partial charge is 0.153 e. The first kappa shape index (κ1) is 6.87. The van der Waals surface area contributed by atoms with Crippen LogP contribution in [-0.4, -0.2) is 10.5 Å². The minimum absolute atomic E-state index is 0.197. The molecule has 9 heavy (non-hydrogen) atoms. The topological polar surface area (TPSA) is 17.1 Å². The Balaban J connectivity index is 2.81. The van der Waals surface area contributed by atoms with Crippen molar-refractivity contribution in [1.82, 2.24) is 0 Å². The molecule has 0 radical (unpaired) electrons. The average molecular weight is 142 g/mol. The highest BCUT2D eigenvalue weighted by Crippen LogP contribution is 2.41. The van der Waals surface area contributed by atoms with Gasteiger partial charge in [-0.15, -0.1) is 11.8 Å². The highest BCUT2D eigenvalue weighted by atomic mass is 32.2. The van der Waals surface area contributed by atoms with Crippen LogP contribution in [0.2, 0.25) is 0 Å². The molecule has 2 heteroatoms. The van der Waals surface area contributed by atoms with E-state index in [0.29, 0.717) is 12.2 Å². The van der Waals surface area contributed by atoms with Crippen LogP contribution in [-0.2, 0) is 4.79 Å². The summed E-state index contributed by atoms with van der Waals surface area (Å²) in [4.78, 5) is 12.0. The van der Waals surface area contributed by atoms with Crippen molar-refractivity contribution >= 4 is 17.5 Å². The van der Waals surface area contributed by atoms with E-state index in [0.717, 1.165) is 4.91 Å². The molecule has 0 aliphatic carbocycles. The lowest BCUT2D eigenvalue weighted by molar-refractivity contribution is -0.119. The number of thioether (sulfide) groups is 1. The summed E-state index contributed by atoms with van der Waals surface area (Å²) >= 11 is 1.59. The zero-order chi connectivity index (χ0) is 7.07. The van der Waals surface area contributed by atoms with Crippen LogP contribution in [0.3, 0.4) is 0 Å². The van der Waals surface area contributed by atoms with Gasteiger partial charge in [0.25, 0.3) is 0 Å². The van der Waals surface area contributed by atoms with E-state index in [-0.39, 0.29) is 4.75 Å². The minimum Gasteiger partial charge on any atom is -0.298 e. The fraction of sp³-hybridized carbons (Fsp3) is 0.571. The zero-order valence-electron chi connectivity index (χ0n) is 5.73. The van der Waals surface area contributed by atoms with Crippen molar-refractivity contribution in [2.75, 3.05) is 0 Å². The van der Waals surface area contributed by atoms with Gasteiger partial charge in [-0.1, -0.05) is 6.58 Å². The molecule has 1 fully saturated rings. The maximum absolute atomic E-state index is 11.0. The molecule has 0 saturated carbocycles. The molecule has 1 rings (SSSR count). The Bertz CT molecular complexity index is 170. The van der Waals surface area contributed by atoms with Crippen LogP contribution in [0.1, 0.15) is 20.3 Å². The van der Waals surface area contributed by atoms with Crippen LogP contribution >= 0.6 is 11.8 Å². The first-order valence-corrected chi connectivity index (χ1v) is 3.74. The average Bonchev–Trinajstić information content (AvgIpc) is 1.79. The summed E-state index contributed by atoms with van der Waals surface area (Å²) < 4.78 is -0.197. The number of hydrogen-bond donors (Lipinski definition) is 0. The standard InChI is InChI=1S/C7H10OS/c1-5-4-6(8)7(2,3)9-5/h1,4H2,2-3H3. The molecule has 0 aromatic heterocycles. The summed E-state index contributed by atoms with van der Waals surface area (Å²) in [5.74, 6) is 0.303. The second-order valence-corrected chi connectivity index (χ2v) is 4.55. The Kier molecular flexibility index (Phi) is 1.43. The van der Waals surface area contributed by atoms with Crippen molar-refractivity contribution in [3.63, 3.8) is 0 Å². The lowest BCUT2D eigenvalue weighted by Gasteiger charge is -2.11. The fourth-order valence-corrected chi connectivity index (χ4v) is 1.96. The number of carbonyl (C=O) groups excluding carboxylic acids is 1. The predicted octanol–water partition coefficient (Wildman–Crippen LogP) is 1.98. The molecule has 0 spiro atoms. The van der Waals surface area contributed by atoms with Gasteiger partial charge < -0.3 is 0 Å². The monoisotopic (exact) mass is 142 g/mol. The SMILES string of the molecule is C=C1CC(=O)C(C)(C)S1. The summed E-state index contributed by atoms with van der Waals surface area (Å²) in [5.41, 5.74) is 0. The number of hydrogen-bond acceptors (Lipinski definition) is 2. The molecule has 1 nitrogen and oxygen atoms in total. The molecular formula is C7H10OS. The molecule has 1 aliphatic heterocycles. The molecule has 0 bridgehead atoms. The molecule has 0 amide bonds. The van der Waals surface area contributed by atoms with Gasteiger partial charge in [-0.3, -0.25) is 4.79 Å². The van der Waals surface area contributed by atoms with Gasteiger partial charge in [0.15, 0.2) is 5.78 Å². The van der Waals surface area contributed by atoms with Crippen molar-refractivity contribution < 1.29 is 4.79 Å². The van der Waals surface area contributed by atoms with Gasteiger partial charge in [0.05, 0.1) is 4.75 Å². The highest BCUT2D eigenvalue weighted by Gasteiger charge is 2.35. The lowest BCUT2D eigenvalue weighted by atomic mass is 10.1. The van der Waals surface area contributed by atoms with Crippen LogP contribution in [0.4, 0.5) is 0 Å². The van der Waals surface area contributed by atoms with Gasteiger partial charge >= 0.3 is 0 Å². The maximum atomic E-state index is 11.0. The Morgan fingerprint density at radius 3 is 2.33 bits per heavy atom. The van der Waals surface area contributed by atoms with E-state index in [1.54, 1.807) is 11.8 Å². The Morgan fingerprint density at radius 1 is 1.67 bits per heavy atom. The van der Waals surface area contributed by atoms with E-state index in [9.17, 15) is 4.79 Å². The highest BCUT2D eigenvalue weighted by molar-refractivity contribution is 8.05. The zero-order valence-corrected chi connectivity index (χ0v) is 6.55. The van der Waals surface area contributed by atoms with Crippen LogP contribution in [0, 0.1) is 0 Å². The first-order valence-electron chi connectivity index (χ1n) is 2.92. The molecule has 1 heterocycles. The number of ketones is 1. The van der Waals surface area contributed by atoms with Crippen LogP contribution in [0.15, 0.2) is 11.5 Å². The number of allylic oxidation sites excluding steroid dienone is 1. The second kappa shape index (κ2) is 1.87. The van der Waals surface area contributed by atoms with Crippen molar-refractivity contribution in [3.8, 4) is 0 Å². The Hall–Kier alpha value is -0.240. The molecule has 1 saturated heterocycles. The third-order valence-electron chi connectivity index (χ3n) is 1.43. The van der Waals surface area contributed by atoms with Gasteiger partial charge in [-0.2, -0.15) is 0 Å². The van der Waals surface area contributed by atoms with Crippen molar-refractivity contribution in [2.45, 2.75) is 25.0 Å². The molecule has 1 aliphatic rings. The van der Waals surface area contributed by atoms with E-state index in [1.807, 2.05) is 13.8 Å². The van der Waals surface area contributed by atoms with Crippen LogP contribution < -0.4 is 0 Å². The van der Waals surface area contributed by atoms with Gasteiger partial charge in [0.1, 0.15) is 0 Å². The van der Waals surface area contributed by atoms with Crippen LogP contribution in [0.25, 0.3) is 0 Å². The summed E-state index contributed by atoms with van der Waals surface area (Å²) in [6.07, 6.45) is 0.567. The number of carbonyl (C=O) groups is 1. The quantitative estimate of drug-likeness (QED) is 0.514. The first-order chi connectivity index (χ1) is 4.02. The number of rotatable bonds is 0. The molecule has 0 N–H and O–H groups in total. The summed E-state index contributed by atoms with van der Waals surface area (Å²) in [5, 5.41) is 0. The minimum atomic E-state index is -0.197. The molecule has 0 unspecified atom stereocenters. The normalized spacial score (nSPS) is 25.1. The lowest BCUT2D eigenvalue weighted by Crippen LogP contribution is -2.20. The van der Waals surface area contributed by atoms with E-state index in [1.165, 1.54) is 0 Å². The van der Waals surface area contributed by atoms with Crippen molar-refractivity contribution in [1.29, 1.82) is 0 Å². The van der Waals surface area contributed by atoms with E-state index < -0.39 is 0 Å². The summed E-state index contributed by atoms with van der Waals surface area (Å²) in [6.45, 7) is 7.63. The largest absolute Gasteiger partial charge is 0.298 e. The molecule has 50 valence electrons. The fourth-order valence-electron chi connectivity index (χ4n) is 0.846. The number of Topliss-reactive ketones (excluding diaryl/α,β-unsaturated/α-hetero) is 1. The molecular weight excluding hydrogens is 132 g/mol. The Morgan fingerprint density at radius 2 is 2.22 bits per heavy atom.